The Balaban J connectivity index is 1.80. The van der Waals surface area contributed by atoms with E-state index < -0.39 is 5.60 Å². The number of carbonyl (C=O) groups excluding carboxylic acids is 1. The third kappa shape index (κ3) is 5.80. The summed E-state index contributed by atoms with van der Waals surface area (Å²) in [7, 11) is 0. The fourth-order valence-electron chi connectivity index (χ4n) is 2.70. The molecule has 0 saturated heterocycles. The molecule has 1 fully saturated rings. The first kappa shape index (κ1) is 17.7. The van der Waals surface area contributed by atoms with Crippen LogP contribution in [0.2, 0.25) is 0 Å². The molecule has 23 heavy (non-hydrogen) atoms. The average molecular weight is 325 g/mol. The molecule has 1 aromatic heterocycles. The first-order valence-electron chi connectivity index (χ1n) is 8.10. The molecule has 130 valence electrons. The van der Waals surface area contributed by atoms with Crippen molar-refractivity contribution in [1.29, 1.82) is 0 Å². The fourth-order valence-corrected chi connectivity index (χ4v) is 2.70. The molecule has 1 amide bonds. The van der Waals surface area contributed by atoms with Gasteiger partial charge in [0, 0.05) is 24.8 Å². The second-order valence-corrected chi connectivity index (χ2v) is 6.87. The van der Waals surface area contributed by atoms with E-state index in [9.17, 15) is 4.79 Å². The Bertz CT molecular complexity index is 511. The molecule has 1 aliphatic carbocycles. The Morgan fingerprint density at radius 2 is 2.17 bits per heavy atom. The minimum Gasteiger partial charge on any atom is -0.444 e. The zero-order valence-corrected chi connectivity index (χ0v) is 14.1. The lowest BCUT2D eigenvalue weighted by molar-refractivity contribution is 0.0498. The van der Waals surface area contributed by atoms with Gasteiger partial charge in [-0.05, 0) is 40.0 Å². The molecule has 1 heterocycles. The molecule has 8 nitrogen and oxygen atoms in total. The molecule has 0 aromatic carbocycles. The van der Waals surface area contributed by atoms with Gasteiger partial charge in [-0.15, -0.1) is 5.10 Å². The van der Waals surface area contributed by atoms with Gasteiger partial charge in [0.15, 0.2) is 0 Å². The summed E-state index contributed by atoms with van der Waals surface area (Å²) in [6.07, 6.45) is 4.45. The van der Waals surface area contributed by atoms with E-state index in [1.807, 2.05) is 27.0 Å². The summed E-state index contributed by atoms with van der Waals surface area (Å²) in [5.41, 5.74) is 0.331. The van der Waals surface area contributed by atoms with Gasteiger partial charge in [0.05, 0.1) is 18.8 Å². The molecular formula is C15H27N5O3. The van der Waals surface area contributed by atoms with Crippen molar-refractivity contribution < 1.29 is 14.6 Å². The number of aliphatic hydroxyl groups is 1. The molecule has 8 heteroatoms. The summed E-state index contributed by atoms with van der Waals surface area (Å²) >= 11 is 0. The number of hydrogen-bond donors (Lipinski definition) is 3. The van der Waals surface area contributed by atoms with Crippen molar-refractivity contribution in [3.05, 3.63) is 11.9 Å². The predicted molar refractivity (Wildman–Crippen MR) is 84.7 cm³/mol. The first-order chi connectivity index (χ1) is 10.9. The number of alkyl carbamates (subject to hydrolysis) is 1. The Kier molecular flexibility index (Phi) is 5.95. The highest BCUT2D eigenvalue weighted by Crippen LogP contribution is 2.20. The number of ether oxygens (including phenoxy) is 1. The second kappa shape index (κ2) is 7.74. The molecule has 1 aromatic rings. The molecule has 1 saturated carbocycles. The van der Waals surface area contributed by atoms with Crippen LogP contribution in [0.15, 0.2) is 6.20 Å². The van der Waals surface area contributed by atoms with E-state index in [1.165, 1.54) is 0 Å². The van der Waals surface area contributed by atoms with E-state index in [4.69, 9.17) is 9.84 Å². The highest BCUT2D eigenvalue weighted by molar-refractivity contribution is 5.68. The van der Waals surface area contributed by atoms with Crippen LogP contribution >= 0.6 is 0 Å². The van der Waals surface area contributed by atoms with Gasteiger partial charge in [0.2, 0.25) is 0 Å². The van der Waals surface area contributed by atoms with Crippen molar-refractivity contribution in [2.75, 3.05) is 6.61 Å². The van der Waals surface area contributed by atoms with E-state index in [0.717, 1.165) is 25.0 Å². The lowest BCUT2D eigenvalue weighted by Gasteiger charge is -2.25. The summed E-state index contributed by atoms with van der Waals surface area (Å²) in [5.74, 6) is 0. The van der Waals surface area contributed by atoms with Crippen LogP contribution in [-0.2, 0) is 17.8 Å². The average Bonchev–Trinajstić information content (AvgIpc) is 3.04. The van der Waals surface area contributed by atoms with Crippen LogP contribution in [0.1, 0.15) is 45.7 Å². The van der Waals surface area contributed by atoms with Gasteiger partial charge in [-0.25, -0.2) is 9.48 Å². The highest BCUT2D eigenvalue weighted by atomic mass is 16.6. The molecular weight excluding hydrogens is 298 g/mol. The van der Waals surface area contributed by atoms with E-state index in [1.54, 1.807) is 4.68 Å². The summed E-state index contributed by atoms with van der Waals surface area (Å²) in [5, 5.41) is 23.2. The molecule has 0 bridgehead atoms. The number of nitrogens with one attached hydrogen (secondary N) is 2. The number of aliphatic hydroxyl groups excluding tert-OH is 1. The molecule has 2 atom stereocenters. The predicted octanol–water partition coefficient (Wildman–Crippen LogP) is 0.806. The van der Waals surface area contributed by atoms with E-state index in [-0.39, 0.29) is 24.8 Å². The van der Waals surface area contributed by atoms with Crippen LogP contribution in [0.3, 0.4) is 0 Å². The molecule has 0 radical (unpaired) electrons. The summed E-state index contributed by atoms with van der Waals surface area (Å²) < 4.78 is 6.93. The van der Waals surface area contributed by atoms with Crippen molar-refractivity contribution in [2.45, 2.75) is 70.8 Å². The zero-order chi connectivity index (χ0) is 16.9. The summed E-state index contributed by atoms with van der Waals surface area (Å²) in [6.45, 7) is 6.63. The summed E-state index contributed by atoms with van der Waals surface area (Å²) in [6, 6.07) is 0.267. The molecule has 3 N–H and O–H groups in total. The monoisotopic (exact) mass is 325 g/mol. The highest BCUT2D eigenvalue weighted by Gasteiger charge is 2.29. The maximum atomic E-state index is 11.9. The van der Waals surface area contributed by atoms with E-state index in [0.29, 0.717) is 13.1 Å². The van der Waals surface area contributed by atoms with Crippen molar-refractivity contribution >= 4 is 6.09 Å². The van der Waals surface area contributed by atoms with Crippen molar-refractivity contribution in [1.82, 2.24) is 25.6 Å². The third-order valence-electron chi connectivity index (χ3n) is 3.68. The standard InChI is InChI=1S/C15H27N5O3/c1-15(2,3)23-14(22)17-13-6-4-5-12(13)16-9-11-10-20(7-8-21)19-18-11/h10,12-13,16,21H,4-9H2,1-3H3,(H,17,22). The topological polar surface area (TPSA) is 101 Å². The Morgan fingerprint density at radius 1 is 1.43 bits per heavy atom. The van der Waals surface area contributed by atoms with Gasteiger partial charge < -0.3 is 20.5 Å². The van der Waals surface area contributed by atoms with Gasteiger partial charge >= 0.3 is 6.09 Å². The van der Waals surface area contributed by atoms with Gasteiger partial charge in [0.25, 0.3) is 0 Å². The van der Waals surface area contributed by atoms with Crippen LogP contribution in [0.5, 0.6) is 0 Å². The lowest BCUT2D eigenvalue weighted by Crippen LogP contribution is -2.47. The van der Waals surface area contributed by atoms with E-state index >= 15 is 0 Å². The van der Waals surface area contributed by atoms with Gasteiger partial charge in [0.1, 0.15) is 5.60 Å². The molecule has 2 unspecified atom stereocenters. The number of amides is 1. The van der Waals surface area contributed by atoms with Crippen molar-refractivity contribution in [2.24, 2.45) is 0 Å². The quantitative estimate of drug-likeness (QED) is 0.715. The number of aromatic nitrogens is 3. The lowest BCUT2D eigenvalue weighted by atomic mass is 10.1. The smallest absolute Gasteiger partial charge is 0.407 e. The molecule has 0 aliphatic heterocycles. The minimum atomic E-state index is -0.489. The number of hydrogen-bond acceptors (Lipinski definition) is 6. The van der Waals surface area contributed by atoms with E-state index in [2.05, 4.69) is 20.9 Å². The SMILES string of the molecule is CC(C)(C)OC(=O)NC1CCCC1NCc1cn(CCO)nn1. The van der Waals surface area contributed by atoms with Crippen LogP contribution < -0.4 is 10.6 Å². The number of nitrogens with zero attached hydrogens (tertiary/aromatic N) is 3. The van der Waals surface area contributed by atoms with Crippen LogP contribution in [-0.4, -0.2) is 50.5 Å². The molecule has 0 spiro atoms. The van der Waals surface area contributed by atoms with Crippen LogP contribution in [0.4, 0.5) is 4.79 Å². The molecule has 2 rings (SSSR count). The maximum absolute atomic E-state index is 11.9. The Morgan fingerprint density at radius 3 is 2.87 bits per heavy atom. The number of rotatable bonds is 6. The largest absolute Gasteiger partial charge is 0.444 e. The third-order valence-corrected chi connectivity index (χ3v) is 3.68. The maximum Gasteiger partial charge on any atom is 0.407 e. The second-order valence-electron chi connectivity index (χ2n) is 6.87. The Labute approximate surface area is 136 Å². The summed E-state index contributed by atoms with van der Waals surface area (Å²) in [4.78, 5) is 11.9. The number of carbonyl (C=O) groups is 1. The zero-order valence-electron chi connectivity index (χ0n) is 14.1. The van der Waals surface area contributed by atoms with Crippen LogP contribution in [0, 0.1) is 0 Å². The van der Waals surface area contributed by atoms with Crippen molar-refractivity contribution in [3.63, 3.8) is 0 Å². The minimum absolute atomic E-state index is 0.0424. The van der Waals surface area contributed by atoms with Crippen LogP contribution in [0.25, 0.3) is 0 Å². The Hall–Kier alpha value is -1.67. The van der Waals surface area contributed by atoms with Gasteiger partial charge in [-0.1, -0.05) is 5.21 Å². The fraction of sp³-hybridized carbons (Fsp3) is 0.800. The van der Waals surface area contributed by atoms with Crippen molar-refractivity contribution in [3.8, 4) is 0 Å². The normalized spacial score (nSPS) is 21.4. The molecule has 1 aliphatic rings. The van der Waals surface area contributed by atoms with Gasteiger partial charge in [-0.3, -0.25) is 0 Å². The van der Waals surface area contributed by atoms with Gasteiger partial charge in [-0.2, -0.15) is 0 Å². The first-order valence-corrected chi connectivity index (χ1v) is 8.10.